The highest BCUT2D eigenvalue weighted by Gasteiger charge is 2.24. The average molecular weight is 420 g/mol. The van der Waals surface area contributed by atoms with Crippen molar-refractivity contribution >= 4 is 22.3 Å². The maximum Gasteiger partial charge on any atom is 0.270 e. The van der Waals surface area contributed by atoms with Gasteiger partial charge in [-0.2, -0.15) is 0 Å². The quantitative estimate of drug-likeness (QED) is 0.684. The first-order valence-electron chi connectivity index (χ1n) is 9.96. The lowest BCUT2D eigenvalue weighted by Crippen LogP contribution is -2.36. The van der Waals surface area contributed by atoms with Gasteiger partial charge in [0, 0.05) is 30.6 Å². The number of benzene rings is 2. The molecule has 1 N–H and O–H groups in total. The second kappa shape index (κ2) is 8.55. The lowest BCUT2D eigenvalue weighted by Gasteiger charge is -2.28. The van der Waals surface area contributed by atoms with Crippen LogP contribution in [0.25, 0.3) is 16.3 Å². The molecule has 3 aromatic rings. The molecule has 1 aromatic heterocycles. The molecular formula is C24H24N2O5. The van der Waals surface area contributed by atoms with Crippen LogP contribution in [0.3, 0.4) is 0 Å². The molecule has 0 bridgehead atoms. The molecule has 0 unspecified atom stereocenters. The minimum atomic E-state index is -0.262. The van der Waals surface area contributed by atoms with Gasteiger partial charge >= 0.3 is 0 Å². The van der Waals surface area contributed by atoms with E-state index in [0.29, 0.717) is 47.8 Å². The van der Waals surface area contributed by atoms with Crippen molar-refractivity contribution in [2.45, 2.75) is 6.42 Å². The summed E-state index contributed by atoms with van der Waals surface area (Å²) < 4.78 is 16.4. The Kier molecular flexibility index (Phi) is 5.66. The second-order valence-corrected chi connectivity index (χ2v) is 7.24. The van der Waals surface area contributed by atoms with Crippen molar-refractivity contribution in [1.82, 2.24) is 9.88 Å². The summed E-state index contributed by atoms with van der Waals surface area (Å²) in [6.45, 7) is 0.930. The second-order valence-electron chi connectivity index (χ2n) is 7.24. The highest BCUT2D eigenvalue weighted by molar-refractivity contribution is 5.96. The molecule has 2 aromatic carbocycles. The van der Waals surface area contributed by atoms with Gasteiger partial charge in [0.05, 0.1) is 26.9 Å². The molecule has 0 fully saturated rings. The van der Waals surface area contributed by atoms with Crippen LogP contribution in [0, 0.1) is 0 Å². The minimum Gasteiger partial charge on any atom is -0.496 e. The van der Waals surface area contributed by atoms with Gasteiger partial charge in [0.2, 0.25) is 0 Å². The average Bonchev–Trinajstić information content (AvgIpc) is 2.82. The van der Waals surface area contributed by atoms with E-state index in [1.54, 1.807) is 44.4 Å². The van der Waals surface area contributed by atoms with Crippen LogP contribution in [0.15, 0.2) is 53.3 Å². The van der Waals surface area contributed by atoms with E-state index < -0.39 is 0 Å². The van der Waals surface area contributed by atoms with Crippen molar-refractivity contribution in [3.8, 4) is 17.2 Å². The van der Waals surface area contributed by atoms with E-state index in [1.807, 2.05) is 30.3 Å². The Morgan fingerprint density at radius 2 is 1.71 bits per heavy atom. The number of rotatable bonds is 5. The topological polar surface area (TPSA) is 80.9 Å². The zero-order valence-electron chi connectivity index (χ0n) is 17.7. The van der Waals surface area contributed by atoms with Crippen molar-refractivity contribution in [1.29, 1.82) is 0 Å². The lowest BCUT2D eigenvalue weighted by molar-refractivity contribution is 0.0767. The number of carbonyl (C=O) groups is 1. The molecule has 4 rings (SSSR count). The first kappa shape index (κ1) is 20.5. The summed E-state index contributed by atoms with van der Waals surface area (Å²) in [6, 6.07) is 12.6. The maximum absolute atomic E-state index is 13.0. The van der Waals surface area contributed by atoms with Crippen LogP contribution >= 0.6 is 0 Å². The third kappa shape index (κ3) is 3.86. The van der Waals surface area contributed by atoms with Gasteiger partial charge in [0.1, 0.15) is 22.9 Å². The van der Waals surface area contributed by atoms with Gasteiger partial charge in [-0.05, 0) is 29.5 Å². The molecule has 0 aliphatic carbocycles. The molecule has 0 saturated heterocycles. The molecule has 160 valence electrons. The van der Waals surface area contributed by atoms with Crippen molar-refractivity contribution < 1.29 is 19.0 Å². The number of methoxy groups -OCH3 is 3. The molecule has 7 heteroatoms. The van der Waals surface area contributed by atoms with E-state index in [1.165, 1.54) is 0 Å². The summed E-state index contributed by atoms with van der Waals surface area (Å²) in [5.74, 6) is 1.75. The smallest absolute Gasteiger partial charge is 0.270 e. The molecule has 31 heavy (non-hydrogen) atoms. The van der Waals surface area contributed by atoms with E-state index in [0.717, 1.165) is 16.5 Å². The minimum absolute atomic E-state index is 0.202. The number of hydrogen-bond acceptors (Lipinski definition) is 5. The highest BCUT2D eigenvalue weighted by Crippen LogP contribution is 2.40. The van der Waals surface area contributed by atoms with Gasteiger partial charge in [-0.1, -0.05) is 24.3 Å². The normalized spacial score (nSPS) is 13.6. The van der Waals surface area contributed by atoms with Crippen molar-refractivity contribution in [2.75, 3.05) is 34.4 Å². The van der Waals surface area contributed by atoms with Crippen molar-refractivity contribution in [3.05, 3.63) is 70.2 Å². The first-order chi connectivity index (χ1) is 15.0. The molecule has 2 heterocycles. The van der Waals surface area contributed by atoms with Gasteiger partial charge in [0.25, 0.3) is 11.5 Å². The summed E-state index contributed by atoms with van der Waals surface area (Å²) in [5, 5.41) is 1.31. The monoisotopic (exact) mass is 420 g/mol. The van der Waals surface area contributed by atoms with E-state index in [4.69, 9.17) is 14.2 Å². The molecular weight excluding hydrogens is 396 g/mol. The number of amides is 1. The summed E-state index contributed by atoms with van der Waals surface area (Å²) in [5.41, 5.74) is 1.92. The van der Waals surface area contributed by atoms with E-state index in [2.05, 4.69) is 4.98 Å². The molecule has 0 spiro atoms. The van der Waals surface area contributed by atoms with Crippen LogP contribution in [0.5, 0.6) is 17.2 Å². The van der Waals surface area contributed by atoms with Crippen molar-refractivity contribution in [2.24, 2.45) is 0 Å². The zero-order valence-corrected chi connectivity index (χ0v) is 17.7. The lowest BCUT2D eigenvalue weighted by atomic mass is 9.97. The van der Waals surface area contributed by atoms with Crippen LogP contribution in [0.4, 0.5) is 0 Å². The number of nitrogens with zero attached hydrogens (tertiary/aromatic N) is 1. The number of aromatic amines is 1. The number of ether oxygens (including phenoxy) is 3. The van der Waals surface area contributed by atoms with Gasteiger partial charge < -0.3 is 24.1 Å². The molecule has 1 aliphatic heterocycles. The summed E-state index contributed by atoms with van der Waals surface area (Å²) >= 11 is 0. The number of fused-ring (bicyclic) bond motifs is 1. The van der Waals surface area contributed by atoms with Crippen LogP contribution in [-0.2, 0) is 0 Å². The van der Waals surface area contributed by atoms with E-state index >= 15 is 0 Å². The predicted molar refractivity (Wildman–Crippen MR) is 119 cm³/mol. The molecule has 7 nitrogen and oxygen atoms in total. The SMILES string of the molecule is COc1cc(OC)c(C2=CCN(C(=O)c3cc4ccccc4c(=O)[nH]3)CC2)c(OC)c1. The third-order valence-electron chi connectivity index (χ3n) is 5.52. The van der Waals surface area contributed by atoms with Gasteiger partial charge in [0.15, 0.2) is 0 Å². The van der Waals surface area contributed by atoms with Gasteiger partial charge in [-0.25, -0.2) is 0 Å². The first-order valence-corrected chi connectivity index (χ1v) is 9.96. The molecule has 0 atom stereocenters. The third-order valence-corrected chi connectivity index (χ3v) is 5.52. The Morgan fingerprint density at radius 1 is 1.00 bits per heavy atom. The summed E-state index contributed by atoms with van der Waals surface area (Å²) in [4.78, 5) is 29.8. The van der Waals surface area contributed by atoms with Crippen molar-refractivity contribution in [3.63, 3.8) is 0 Å². The van der Waals surface area contributed by atoms with E-state index in [9.17, 15) is 9.59 Å². The molecule has 0 saturated carbocycles. The Labute approximate surface area is 179 Å². The fourth-order valence-corrected chi connectivity index (χ4v) is 3.90. The number of pyridine rings is 1. The van der Waals surface area contributed by atoms with Gasteiger partial charge in [-0.15, -0.1) is 0 Å². The fourth-order valence-electron chi connectivity index (χ4n) is 3.90. The van der Waals surface area contributed by atoms with Gasteiger partial charge in [-0.3, -0.25) is 9.59 Å². The fraction of sp³-hybridized carbons (Fsp3) is 0.250. The Morgan fingerprint density at radius 3 is 2.32 bits per heavy atom. The Bertz CT molecular complexity index is 1200. The Hall–Kier alpha value is -3.74. The molecule has 0 radical (unpaired) electrons. The highest BCUT2D eigenvalue weighted by atomic mass is 16.5. The number of carbonyl (C=O) groups excluding carboxylic acids is 1. The standard InChI is InChI=1S/C24H24N2O5/c1-29-17-13-20(30-2)22(21(14-17)31-3)15-8-10-26(11-9-15)24(28)19-12-16-6-4-5-7-18(16)23(27)25-19/h4-8,12-14H,9-11H2,1-3H3,(H,25,27). The van der Waals surface area contributed by atoms with Crippen LogP contribution in [-0.4, -0.2) is 50.2 Å². The maximum atomic E-state index is 13.0. The number of H-pyrrole nitrogens is 1. The summed E-state index contributed by atoms with van der Waals surface area (Å²) in [6.07, 6.45) is 2.62. The molecule has 1 aliphatic rings. The van der Waals surface area contributed by atoms with Crippen LogP contribution in [0.1, 0.15) is 22.5 Å². The van der Waals surface area contributed by atoms with Crippen LogP contribution < -0.4 is 19.8 Å². The predicted octanol–water partition coefficient (Wildman–Crippen LogP) is 3.48. The number of hydrogen-bond donors (Lipinski definition) is 1. The van der Waals surface area contributed by atoms with Crippen LogP contribution in [0.2, 0.25) is 0 Å². The number of aromatic nitrogens is 1. The number of nitrogens with one attached hydrogen (secondary N) is 1. The summed E-state index contributed by atoms with van der Waals surface area (Å²) in [7, 11) is 4.80. The zero-order chi connectivity index (χ0) is 22.0. The molecule has 1 amide bonds. The van der Waals surface area contributed by atoms with E-state index in [-0.39, 0.29) is 11.5 Å². The largest absolute Gasteiger partial charge is 0.496 e. The Balaban J connectivity index is 1.62.